The molecule has 2 heteroatoms. The molecule has 2 N–H and O–H groups in total. The highest BCUT2D eigenvalue weighted by Gasteiger charge is 2.00. The Bertz CT molecular complexity index is 806. The first-order chi connectivity index (χ1) is 13.1. The van der Waals surface area contributed by atoms with Gasteiger partial charge in [0, 0.05) is 22.8 Å². The quantitative estimate of drug-likeness (QED) is 0.382. The molecular formula is C25H28N2. The molecule has 0 spiro atoms. The molecular weight excluding hydrogens is 328 g/mol. The van der Waals surface area contributed by atoms with E-state index in [1.54, 1.807) is 6.08 Å². The molecule has 0 atom stereocenters. The lowest BCUT2D eigenvalue weighted by molar-refractivity contribution is 1.47. The highest BCUT2D eigenvalue weighted by molar-refractivity contribution is 5.69. The molecule has 0 amide bonds. The third-order valence-electron chi connectivity index (χ3n) is 3.51. The van der Waals surface area contributed by atoms with Crippen LogP contribution in [0.1, 0.15) is 6.92 Å². The molecule has 27 heavy (non-hydrogen) atoms. The Labute approximate surface area is 163 Å². The van der Waals surface area contributed by atoms with Crippen molar-refractivity contribution in [3.05, 3.63) is 123 Å². The number of nitrogens with one attached hydrogen (secondary N) is 2. The van der Waals surface area contributed by atoms with Crippen LogP contribution >= 0.6 is 0 Å². The second kappa shape index (κ2) is 11.9. The Kier molecular flexibility index (Phi) is 9.51. The maximum atomic E-state index is 3.95. The molecule has 0 bridgehead atoms. The molecule has 2 nitrogen and oxygen atoms in total. The molecule has 0 saturated carbocycles. The van der Waals surface area contributed by atoms with Crippen molar-refractivity contribution in [2.45, 2.75) is 6.92 Å². The summed E-state index contributed by atoms with van der Waals surface area (Å²) in [6.45, 7) is 19.5. The smallest absolute Gasteiger partial charge is 0.0384 e. The van der Waals surface area contributed by atoms with E-state index in [-0.39, 0.29) is 0 Å². The number of rotatable bonds is 8. The minimum absolute atomic E-state index is 0.824. The third-order valence-corrected chi connectivity index (χ3v) is 3.51. The second-order valence-corrected chi connectivity index (χ2v) is 5.55. The molecule has 0 heterocycles. The number of benzene rings is 2. The monoisotopic (exact) mass is 356 g/mol. The maximum Gasteiger partial charge on any atom is 0.0384 e. The molecule has 2 aromatic rings. The van der Waals surface area contributed by atoms with Crippen molar-refractivity contribution in [1.82, 2.24) is 0 Å². The summed E-state index contributed by atoms with van der Waals surface area (Å²) in [4.78, 5) is 0. The fourth-order valence-electron chi connectivity index (χ4n) is 2.33. The van der Waals surface area contributed by atoms with Crippen molar-refractivity contribution in [2.24, 2.45) is 0 Å². The first kappa shape index (κ1) is 21.5. The van der Waals surface area contributed by atoms with Gasteiger partial charge in [0.05, 0.1) is 0 Å². The minimum atomic E-state index is 0.824. The lowest BCUT2D eigenvalue weighted by Gasteiger charge is -2.09. The van der Waals surface area contributed by atoms with E-state index in [4.69, 9.17) is 0 Å². The number of hydrogen-bond acceptors (Lipinski definition) is 2. The fraction of sp³-hybridized carbons (Fsp3) is 0.0400. The molecule has 138 valence electrons. The Morgan fingerprint density at radius 2 is 1.15 bits per heavy atom. The zero-order valence-corrected chi connectivity index (χ0v) is 16.0. The average molecular weight is 357 g/mol. The second-order valence-electron chi connectivity index (χ2n) is 5.55. The lowest BCUT2D eigenvalue weighted by Crippen LogP contribution is -1.95. The van der Waals surface area contributed by atoms with Gasteiger partial charge in [-0.25, -0.2) is 0 Å². The van der Waals surface area contributed by atoms with Gasteiger partial charge in [-0.15, -0.1) is 13.2 Å². The van der Waals surface area contributed by atoms with Gasteiger partial charge in [0.1, 0.15) is 0 Å². The van der Waals surface area contributed by atoms with Crippen molar-refractivity contribution in [3.8, 4) is 11.1 Å². The summed E-state index contributed by atoms with van der Waals surface area (Å²) in [6, 6.07) is 16.6. The van der Waals surface area contributed by atoms with Crippen LogP contribution in [0.2, 0.25) is 0 Å². The Balaban J connectivity index is 0.00000176. The fourth-order valence-corrected chi connectivity index (χ4v) is 2.33. The van der Waals surface area contributed by atoms with Crippen LogP contribution in [-0.4, -0.2) is 0 Å². The van der Waals surface area contributed by atoms with Crippen molar-refractivity contribution in [3.63, 3.8) is 0 Å². The van der Waals surface area contributed by atoms with Crippen molar-refractivity contribution >= 4 is 11.4 Å². The molecule has 0 radical (unpaired) electrons. The Morgan fingerprint density at radius 1 is 0.741 bits per heavy atom. The Hall–Kier alpha value is -3.52. The summed E-state index contributed by atoms with van der Waals surface area (Å²) in [5.74, 6) is 0. The molecule has 0 aliphatic rings. The average Bonchev–Trinajstić information content (AvgIpc) is 2.69. The summed E-state index contributed by atoms with van der Waals surface area (Å²) >= 11 is 0. The van der Waals surface area contributed by atoms with Crippen molar-refractivity contribution in [1.29, 1.82) is 0 Å². The van der Waals surface area contributed by atoms with Gasteiger partial charge in [-0.05, 0) is 54.5 Å². The van der Waals surface area contributed by atoms with Crippen LogP contribution in [-0.2, 0) is 0 Å². The van der Waals surface area contributed by atoms with Crippen LogP contribution in [0.4, 0.5) is 11.4 Å². The van der Waals surface area contributed by atoms with Gasteiger partial charge in [0.15, 0.2) is 0 Å². The minimum Gasteiger partial charge on any atom is -0.356 e. The largest absolute Gasteiger partial charge is 0.356 e. The van der Waals surface area contributed by atoms with Gasteiger partial charge < -0.3 is 10.6 Å². The van der Waals surface area contributed by atoms with Gasteiger partial charge in [-0.1, -0.05) is 62.2 Å². The van der Waals surface area contributed by atoms with E-state index in [9.17, 15) is 0 Å². The van der Waals surface area contributed by atoms with E-state index in [2.05, 4.69) is 79.9 Å². The zero-order chi connectivity index (χ0) is 20.1. The first-order valence-electron chi connectivity index (χ1n) is 8.66. The molecule has 0 unspecified atom stereocenters. The van der Waals surface area contributed by atoms with Gasteiger partial charge in [-0.3, -0.25) is 0 Å². The van der Waals surface area contributed by atoms with E-state index in [1.807, 2.05) is 43.4 Å². The van der Waals surface area contributed by atoms with Crippen LogP contribution in [0.15, 0.2) is 123 Å². The maximum absolute atomic E-state index is 3.95. The predicted molar refractivity (Wildman–Crippen MR) is 123 cm³/mol. The van der Waals surface area contributed by atoms with Crippen LogP contribution in [0.5, 0.6) is 0 Å². The number of hydrogen-bond donors (Lipinski definition) is 2. The summed E-state index contributed by atoms with van der Waals surface area (Å²) in [6.07, 6.45) is 9.36. The van der Waals surface area contributed by atoms with Gasteiger partial charge >= 0.3 is 0 Å². The lowest BCUT2D eigenvalue weighted by atomic mass is 10.0. The van der Waals surface area contributed by atoms with Crippen LogP contribution in [0, 0.1) is 0 Å². The topological polar surface area (TPSA) is 24.1 Å². The SMILES string of the molecule is C=C.C=C/C=C\C(=C)Nc1ccc(-c2ccc(NC(=C)/C=C\C)cc2)cc1. The van der Waals surface area contributed by atoms with E-state index in [0.29, 0.717) is 0 Å². The highest BCUT2D eigenvalue weighted by Crippen LogP contribution is 2.24. The van der Waals surface area contributed by atoms with Gasteiger partial charge in [0.2, 0.25) is 0 Å². The summed E-state index contributed by atoms with van der Waals surface area (Å²) in [5, 5.41) is 6.50. The summed E-state index contributed by atoms with van der Waals surface area (Å²) in [7, 11) is 0. The summed E-state index contributed by atoms with van der Waals surface area (Å²) < 4.78 is 0. The van der Waals surface area contributed by atoms with Crippen molar-refractivity contribution in [2.75, 3.05) is 10.6 Å². The number of anilines is 2. The molecule has 0 fully saturated rings. The molecule has 2 aromatic carbocycles. The van der Waals surface area contributed by atoms with Crippen molar-refractivity contribution < 1.29 is 0 Å². The van der Waals surface area contributed by atoms with Gasteiger partial charge in [-0.2, -0.15) is 0 Å². The number of allylic oxidation sites excluding steroid dienone is 5. The standard InChI is InChI=1S/C23H24N2.C2H4/c1-5-7-9-19(4)25-23-16-12-21(13-17-23)20-10-14-22(15-11-20)24-18(3)8-6-2;1-2/h5-17,24-25H,1,3-4H2,2H3;1-2H2/b8-6-,9-7-;. The third kappa shape index (κ3) is 7.49. The van der Waals surface area contributed by atoms with E-state index in [0.717, 1.165) is 28.3 Å². The van der Waals surface area contributed by atoms with E-state index < -0.39 is 0 Å². The molecule has 0 aromatic heterocycles. The zero-order valence-electron chi connectivity index (χ0n) is 16.0. The predicted octanol–water partition coefficient (Wildman–Crippen LogP) is 7.33. The van der Waals surface area contributed by atoms with Gasteiger partial charge in [0.25, 0.3) is 0 Å². The molecule has 0 saturated heterocycles. The van der Waals surface area contributed by atoms with Crippen LogP contribution < -0.4 is 10.6 Å². The Morgan fingerprint density at radius 3 is 1.52 bits per heavy atom. The highest BCUT2D eigenvalue weighted by atomic mass is 14.9. The summed E-state index contributed by atoms with van der Waals surface area (Å²) in [5.41, 5.74) is 6.05. The molecule has 0 aliphatic heterocycles. The first-order valence-corrected chi connectivity index (χ1v) is 8.66. The van der Waals surface area contributed by atoms with Crippen LogP contribution in [0.3, 0.4) is 0 Å². The normalized spacial score (nSPS) is 10.1. The molecule has 2 rings (SSSR count). The van der Waals surface area contributed by atoms with E-state index in [1.165, 1.54) is 5.56 Å². The van der Waals surface area contributed by atoms with Crippen LogP contribution in [0.25, 0.3) is 11.1 Å². The molecule has 0 aliphatic carbocycles. The van der Waals surface area contributed by atoms with E-state index >= 15 is 0 Å².